The molecular formula is C23H29NO4S. The van der Waals surface area contributed by atoms with E-state index >= 15 is 0 Å². The van der Waals surface area contributed by atoms with Crippen molar-refractivity contribution in [1.29, 1.82) is 0 Å². The van der Waals surface area contributed by atoms with Crippen molar-refractivity contribution in [3.8, 4) is 0 Å². The number of carbonyl (C=O) groups is 1. The minimum Gasteiger partial charge on any atom is -0.338 e. The van der Waals surface area contributed by atoms with Crippen molar-refractivity contribution in [2.45, 2.75) is 43.9 Å². The third-order valence-corrected chi connectivity index (χ3v) is 6.73. The highest BCUT2D eigenvalue weighted by Gasteiger charge is 2.26. The number of aryl methyl sites for hydroxylation is 1. The van der Waals surface area contributed by atoms with E-state index in [9.17, 15) is 13.2 Å². The highest BCUT2D eigenvalue weighted by molar-refractivity contribution is 7.86. The van der Waals surface area contributed by atoms with Crippen LogP contribution in [0.4, 0.5) is 0 Å². The maximum Gasteiger partial charge on any atom is 0.296 e. The minimum absolute atomic E-state index is 0.114. The van der Waals surface area contributed by atoms with E-state index in [1.807, 2.05) is 42.2 Å². The summed E-state index contributed by atoms with van der Waals surface area (Å²) in [5.41, 5.74) is 1.76. The van der Waals surface area contributed by atoms with Crippen molar-refractivity contribution in [2.24, 2.45) is 5.92 Å². The summed E-state index contributed by atoms with van der Waals surface area (Å²) in [6, 6.07) is 16.1. The zero-order chi connectivity index (χ0) is 20.7. The average Bonchev–Trinajstić information content (AvgIpc) is 3.20. The van der Waals surface area contributed by atoms with E-state index in [0.29, 0.717) is 12.3 Å². The molecule has 1 unspecified atom stereocenters. The normalized spacial score (nSPS) is 16.9. The van der Waals surface area contributed by atoms with Crippen molar-refractivity contribution in [1.82, 2.24) is 4.90 Å². The Morgan fingerprint density at radius 2 is 1.76 bits per heavy atom. The quantitative estimate of drug-likeness (QED) is 0.449. The highest BCUT2D eigenvalue weighted by atomic mass is 32.2. The molecule has 2 aromatic rings. The molecule has 0 aromatic heterocycles. The van der Waals surface area contributed by atoms with Crippen LogP contribution in [-0.4, -0.2) is 38.9 Å². The Morgan fingerprint density at radius 1 is 1.03 bits per heavy atom. The second-order valence-corrected chi connectivity index (χ2v) is 9.33. The molecule has 1 saturated heterocycles. The van der Waals surface area contributed by atoms with E-state index in [0.717, 1.165) is 49.9 Å². The fraction of sp³-hybridized carbons (Fsp3) is 0.435. The molecule has 29 heavy (non-hydrogen) atoms. The second-order valence-electron chi connectivity index (χ2n) is 7.71. The first-order chi connectivity index (χ1) is 14.0. The van der Waals surface area contributed by atoms with Crippen LogP contribution >= 0.6 is 0 Å². The molecule has 5 nitrogen and oxygen atoms in total. The van der Waals surface area contributed by atoms with Gasteiger partial charge in [-0.15, -0.1) is 0 Å². The van der Waals surface area contributed by atoms with E-state index in [2.05, 4.69) is 0 Å². The molecule has 0 N–H and O–H groups in total. The molecular weight excluding hydrogens is 386 g/mol. The van der Waals surface area contributed by atoms with Gasteiger partial charge in [-0.25, -0.2) is 0 Å². The Bertz CT molecular complexity index is 894. The molecule has 0 bridgehead atoms. The summed E-state index contributed by atoms with van der Waals surface area (Å²) in [6.45, 7) is 3.75. The molecule has 1 aliphatic rings. The van der Waals surface area contributed by atoms with Gasteiger partial charge in [-0.1, -0.05) is 48.7 Å². The van der Waals surface area contributed by atoms with E-state index in [4.69, 9.17) is 4.18 Å². The van der Waals surface area contributed by atoms with E-state index in [1.54, 1.807) is 24.3 Å². The molecule has 0 aliphatic carbocycles. The Morgan fingerprint density at radius 3 is 2.48 bits per heavy atom. The summed E-state index contributed by atoms with van der Waals surface area (Å²) in [7, 11) is -3.67. The zero-order valence-electron chi connectivity index (χ0n) is 16.9. The number of likely N-dealkylation sites (tertiary alicyclic amines) is 1. The monoisotopic (exact) mass is 415 g/mol. The van der Waals surface area contributed by atoms with Gasteiger partial charge in [-0.3, -0.25) is 8.98 Å². The Kier molecular flexibility index (Phi) is 7.45. The first kappa shape index (κ1) is 21.5. The summed E-state index contributed by atoms with van der Waals surface area (Å²) in [4.78, 5) is 14.6. The maximum atomic E-state index is 12.5. The summed E-state index contributed by atoms with van der Waals surface area (Å²) < 4.78 is 29.4. The standard InChI is InChI=1S/C23H29NO4S/c1-19-11-13-22(14-12-19)29(26,27)28-17-7-3-4-8-20-15-16-24(18-20)23(25)21-9-5-2-6-10-21/h2,5-6,9-14,20H,3-4,7-8,15-18H2,1H3. The van der Waals surface area contributed by atoms with Crippen LogP contribution in [0.25, 0.3) is 0 Å². The molecule has 1 aliphatic heterocycles. The zero-order valence-corrected chi connectivity index (χ0v) is 17.7. The number of unbranched alkanes of at least 4 members (excludes halogenated alkanes) is 2. The van der Waals surface area contributed by atoms with Crippen LogP contribution in [0.1, 0.15) is 48.0 Å². The topological polar surface area (TPSA) is 63.7 Å². The maximum absolute atomic E-state index is 12.5. The third-order valence-electron chi connectivity index (χ3n) is 5.40. The van der Waals surface area contributed by atoms with Crippen molar-refractivity contribution in [2.75, 3.05) is 19.7 Å². The van der Waals surface area contributed by atoms with Crippen LogP contribution in [0.5, 0.6) is 0 Å². The van der Waals surface area contributed by atoms with Gasteiger partial charge in [0, 0.05) is 18.7 Å². The number of hydrogen-bond donors (Lipinski definition) is 0. The van der Waals surface area contributed by atoms with Gasteiger partial charge in [0.1, 0.15) is 0 Å². The van der Waals surface area contributed by atoms with Crippen LogP contribution in [-0.2, 0) is 14.3 Å². The Hall–Kier alpha value is -2.18. The van der Waals surface area contributed by atoms with Crippen LogP contribution in [0, 0.1) is 12.8 Å². The van der Waals surface area contributed by atoms with Gasteiger partial charge in [0.15, 0.2) is 0 Å². The Labute approximate surface area is 173 Å². The van der Waals surface area contributed by atoms with Crippen molar-refractivity contribution < 1.29 is 17.4 Å². The van der Waals surface area contributed by atoms with Crippen LogP contribution < -0.4 is 0 Å². The Balaban J connectivity index is 1.32. The molecule has 3 rings (SSSR count). The predicted molar refractivity (Wildman–Crippen MR) is 113 cm³/mol. The lowest BCUT2D eigenvalue weighted by molar-refractivity contribution is 0.0786. The van der Waals surface area contributed by atoms with Gasteiger partial charge in [0.05, 0.1) is 11.5 Å². The molecule has 2 aromatic carbocycles. The van der Waals surface area contributed by atoms with E-state index in [1.165, 1.54) is 0 Å². The smallest absolute Gasteiger partial charge is 0.296 e. The fourth-order valence-electron chi connectivity index (χ4n) is 3.67. The number of nitrogens with zero attached hydrogens (tertiary/aromatic N) is 1. The molecule has 1 heterocycles. The molecule has 0 saturated carbocycles. The molecule has 0 radical (unpaired) electrons. The molecule has 1 amide bonds. The SMILES string of the molecule is Cc1ccc(S(=O)(=O)OCCCCCC2CCN(C(=O)c3ccccc3)C2)cc1. The van der Waals surface area contributed by atoms with Gasteiger partial charge < -0.3 is 4.90 Å². The number of hydrogen-bond acceptors (Lipinski definition) is 4. The third kappa shape index (κ3) is 6.15. The van der Waals surface area contributed by atoms with Gasteiger partial charge >= 0.3 is 0 Å². The lowest BCUT2D eigenvalue weighted by atomic mass is 10.0. The first-order valence-electron chi connectivity index (χ1n) is 10.3. The lowest BCUT2D eigenvalue weighted by Gasteiger charge is -2.16. The van der Waals surface area contributed by atoms with Crippen LogP contribution in [0.3, 0.4) is 0 Å². The van der Waals surface area contributed by atoms with Gasteiger partial charge in [-0.2, -0.15) is 8.42 Å². The molecule has 6 heteroatoms. The predicted octanol–water partition coefficient (Wildman–Crippen LogP) is 4.42. The molecule has 1 fully saturated rings. The minimum atomic E-state index is -3.67. The lowest BCUT2D eigenvalue weighted by Crippen LogP contribution is -2.28. The number of benzene rings is 2. The summed E-state index contributed by atoms with van der Waals surface area (Å²) in [6.07, 6.45) is 4.75. The summed E-state index contributed by atoms with van der Waals surface area (Å²) >= 11 is 0. The van der Waals surface area contributed by atoms with Crippen LogP contribution in [0.15, 0.2) is 59.5 Å². The number of carbonyl (C=O) groups excluding carboxylic acids is 1. The van der Waals surface area contributed by atoms with Crippen molar-refractivity contribution in [3.05, 3.63) is 65.7 Å². The van der Waals surface area contributed by atoms with Crippen LogP contribution in [0.2, 0.25) is 0 Å². The summed E-state index contributed by atoms with van der Waals surface area (Å²) in [5.74, 6) is 0.641. The van der Waals surface area contributed by atoms with Gasteiger partial charge in [0.25, 0.3) is 16.0 Å². The van der Waals surface area contributed by atoms with E-state index in [-0.39, 0.29) is 17.4 Å². The van der Waals surface area contributed by atoms with Gasteiger partial charge in [-0.05, 0) is 56.4 Å². The van der Waals surface area contributed by atoms with Crippen molar-refractivity contribution in [3.63, 3.8) is 0 Å². The highest BCUT2D eigenvalue weighted by Crippen LogP contribution is 2.24. The number of rotatable bonds is 9. The fourth-order valence-corrected chi connectivity index (χ4v) is 4.61. The van der Waals surface area contributed by atoms with E-state index < -0.39 is 10.1 Å². The largest absolute Gasteiger partial charge is 0.338 e. The van der Waals surface area contributed by atoms with Crippen molar-refractivity contribution >= 4 is 16.0 Å². The average molecular weight is 416 g/mol. The van der Waals surface area contributed by atoms with Gasteiger partial charge in [0.2, 0.25) is 0 Å². The summed E-state index contributed by atoms with van der Waals surface area (Å²) in [5, 5.41) is 0. The second kappa shape index (κ2) is 10.0. The molecule has 156 valence electrons. The number of amides is 1. The molecule has 0 spiro atoms. The first-order valence-corrected chi connectivity index (χ1v) is 11.7. The molecule has 1 atom stereocenters.